The van der Waals surface area contributed by atoms with Crippen molar-refractivity contribution in [3.8, 4) is 11.5 Å². The van der Waals surface area contributed by atoms with E-state index in [1.165, 1.54) is 13.2 Å². The van der Waals surface area contributed by atoms with E-state index in [0.29, 0.717) is 18.0 Å². The lowest BCUT2D eigenvalue weighted by atomic mass is 9.76. The molecule has 0 spiro atoms. The number of rotatable bonds is 5. The van der Waals surface area contributed by atoms with Crippen molar-refractivity contribution in [1.29, 1.82) is 0 Å². The zero-order valence-electron chi connectivity index (χ0n) is 12.7. The number of ether oxygens (including phenoxy) is 1. The lowest BCUT2D eigenvalue weighted by Crippen LogP contribution is -2.48. The van der Waals surface area contributed by atoms with Crippen molar-refractivity contribution >= 4 is 11.6 Å². The number of hydrogen-bond acceptors (Lipinski definition) is 4. The highest BCUT2D eigenvalue weighted by Crippen LogP contribution is 2.35. The van der Waals surface area contributed by atoms with E-state index in [0.717, 1.165) is 32.2 Å². The minimum atomic E-state index is -0.376. The van der Waals surface area contributed by atoms with Crippen molar-refractivity contribution in [2.24, 2.45) is 5.41 Å². The van der Waals surface area contributed by atoms with Gasteiger partial charge in [-0.15, -0.1) is 0 Å². The van der Waals surface area contributed by atoms with Crippen LogP contribution in [0.1, 0.15) is 32.6 Å². The van der Waals surface area contributed by atoms with Crippen molar-refractivity contribution < 1.29 is 14.6 Å². The molecule has 1 atom stereocenters. The molecule has 3 N–H and O–H groups in total. The Morgan fingerprint density at radius 2 is 2.33 bits per heavy atom. The Morgan fingerprint density at radius 1 is 1.52 bits per heavy atom. The second-order valence-corrected chi connectivity index (χ2v) is 5.65. The van der Waals surface area contributed by atoms with Crippen molar-refractivity contribution in [3.05, 3.63) is 18.2 Å². The maximum atomic E-state index is 12.7. The highest BCUT2D eigenvalue weighted by atomic mass is 16.5. The zero-order valence-corrected chi connectivity index (χ0v) is 12.7. The maximum Gasteiger partial charge on any atom is 0.231 e. The zero-order chi connectivity index (χ0) is 15.3. The van der Waals surface area contributed by atoms with E-state index in [9.17, 15) is 9.90 Å². The van der Waals surface area contributed by atoms with Gasteiger partial charge >= 0.3 is 0 Å². The third kappa shape index (κ3) is 3.47. The molecule has 21 heavy (non-hydrogen) atoms. The monoisotopic (exact) mass is 292 g/mol. The lowest BCUT2D eigenvalue weighted by molar-refractivity contribution is -0.127. The van der Waals surface area contributed by atoms with Gasteiger partial charge in [0.2, 0.25) is 5.91 Å². The Balaban J connectivity index is 2.15. The lowest BCUT2D eigenvalue weighted by Gasteiger charge is -2.36. The third-order valence-electron chi connectivity index (χ3n) is 4.14. The molecule has 1 saturated heterocycles. The Labute approximate surface area is 125 Å². The first-order valence-electron chi connectivity index (χ1n) is 7.50. The summed E-state index contributed by atoms with van der Waals surface area (Å²) in [5.74, 6) is 0.572. The maximum absolute atomic E-state index is 12.7. The average Bonchev–Trinajstić information content (AvgIpc) is 2.50. The fraction of sp³-hybridized carbons (Fsp3) is 0.562. The number of phenolic OH excluding ortho intramolecular Hbond substituents is 1. The number of carbonyl (C=O) groups is 1. The molecule has 1 aromatic rings. The molecule has 5 nitrogen and oxygen atoms in total. The highest BCUT2D eigenvalue weighted by Gasteiger charge is 2.38. The van der Waals surface area contributed by atoms with Gasteiger partial charge in [-0.2, -0.15) is 0 Å². The standard InChI is InChI=1S/C16H24N2O3/c1-3-7-16(8-4-9-17-11-16)15(20)18-13-6-5-12(21-2)10-14(13)19/h5-6,10,17,19H,3-4,7-9,11H2,1-2H3,(H,18,20). The molecular formula is C16H24N2O3. The summed E-state index contributed by atoms with van der Waals surface area (Å²) in [6, 6.07) is 4.89. The Morgan fingerprint density at radius 3 is 2.90 bits per heavy atom. The van der Waals surface area contributed by atoms with Gasteiger partial charge in [0.15, 0.2) is 0 Å². The molecule has 0 aromatic heterocycles. The third-order valence-corrected chi connectivity index (χ3v) is 4.14. The van der Waals surface area contributed by atoms with Gasteiger partial charge in [-0.25, -0.2) is 0 Å². The van der Waals surface area contributed by atoms with Crippen LogP contribution in [0.2, 0.25) is 0 Å². The van der Waals surface area contributed by atoms with Gasteiger partial charge in [0, 0.05) is 12.6 Å². The summed E-state index contributed by atoms with van der Waals surface area (Å²) >= 11 is 0. The van der Waals surface area contributed by atoms with E-state index in [-0.39, 0.29) is 17.1 Å². The van der Waals surface area contributed by atoms with Gasteiger partial charge in [0.05, 0.1) is 18.2 Å². The summed E-state index contributed by atoms with van der Waals surface area (Å²) in [4.78, 5) is 12.7. The van der Waals surface area contributed by atoms with Crippen LogP contribution in [-0.4, -0.2) is 31.2 Å². The molecule has 0 aliphatic carbocycles. The van der Waals surface area contributed by atoms with Gasteiger partial charge in [0.25, 0.3) is 0 Å². The number of methoxy groups -OCH3 is 1. The average molecular weight is 292 g/mol. The Hall–Kier alpha value is -1.75. The number of nitrogens with one attached hydrogen (secondary N) is 2. The summed E-state index contributed by atoms with van der Waals surface area (Å²) in [6.07, 6.45) is 3.70. The number of amides is 1. The van der Waals surface area contributed by atoms with Gasteiger partial charge in [0.1, 0.15) is 11.5 Å². The van der Waals surface area contributed by atoms with Crippen LogP contribution in [0.4, 0.5) is 5.69 Å². The molecule has 116 valence electrons. The number of benzene rings is 1. The smallest absolute Gasteiger partial charge is 0.231 e. The van der Waals surface area contributed by atoms with Gasteiger partial charge in [-0.1, -0.05) is 13.3 Å². The minimum Gasteiger partial charge on any atom is -0.506 e. The van der Waals surface area contributed by atoms with E-state index in [2.05, 4.69) is 17.6 Å². The SMILES string of the molecule is CCCC1(C(=O)Nc2ccc(OC)cc2O)CCCNC1. The van der Waals surface area contributed by atoms with Crippen LogP contribution in [0, 0.1) is 5.41 Å². The molecule has 1 heterocycles. The first-order chi connectivity index (χ1) is 10.1. The summed E-state index contributed by atoms with van der Waals surface area (Å²) in [6.45, 7) is 3.75. The second kappa shape index (κ2) is 6.80. The van der Waals surface area contributed by atoms with Crippen LogP contribution >= 0.6 is 0 Å². The van der Waals surface area contributed by atoms with Gasteiger partial charge in [-0.3, -0.25) is 4.79 Å². The molecule has 2 rings (SSSR count). The predicted molar refractivity (Wildman–Crippen MR) is 82.7 cm³/mol. The Bertz CT molecular complexity index is 491. The number of phenols is 1. The number of anilines is 1. The Kier molecular flexibility index (Phi) is 5.07. The fourth-order valence-electron chi connectivity index (χ4n) is 2.97. The molecule has 5 heteroatoms. The quantitative estimate of drug-likeness (QED) is 0.729. The molecule has 1 amide bonds. The van der Waals surface area contributed by atoms with E-state index in [1.54, 1.807) is 12.1 Å². The van der Waals surface area contributed by atoms with E-state index >= 15 is 0 Å². The summed E-state index contributed by atoms with van der Waals surface area (Å²) in [7, 11) is 1.54. The second-order valence-electron chi connectivity index (χ2n) is 5.65. The minimum absolute atomic E-state index is 0.0167. The molecule has 1 aliphatic heterocycles. The van der Waals surface area contributed by atoms with Crippen molar-refractivity contribution in [2.45, 2.75) is 32.6 Å². The van der Waals surface area contributed by atoms with Crippen LogP contribution in [0.15, 0.2) is 18.2 Å². The molecule has 1 aliphatic rings. The molecular weight excluding hydrogens is 268 g/mol. The van der Waals surface area contributed by atoms with Gasteiger partial charge < -0.3 is 20.5 Å². The summed E-state index contributed by atoms with van der Waals surface area (Å²) in [5, 5.41) is 16.2. The highest BCUT2D eigenvalue weighted by molar-refractivity contribution is 5.96. The molecule has 1 aromatic carbocycles. The number of piperidine rings is 1. The summed E-state index contributed by atoms with van der Waals surface area (Å²) in [5.41, 5.74) is 0.0566. The normalized spacial score (nSPS) is 21.8. The van der Waals surface area contributed by atoms with Crippen LogP contribution in [-0.2, 0) is 4.79 Å². The molecule has 0 bridgehead atoms. The first-order valence-corrected chi connectivity index (χ1v) is 7.50. The largest absolute Gasteiger partial charge is 0.506 e. The van der Waals surface area contributed by atoms with Crippen LogP contribution < -0.4 is 15.4 Å². The number of aromatic hydroxyl groups is 1. The first kappa shape index (κ1) is 15.6. The molecule has 0 radical (unpaired) electrons. The predicted octanol–water partition coefficient (Wildman–Crippen LogP) is 2.51. The molecule has 1 fully saturated rings. The molecule has 1 unspecified atom stereocenters. The topological polar surface area (TPSA) is 70.6 Å². The number of hydrogen-bond donors (Lipinski definition) is 3. The van der Waals surface area contributed by atoms with E-state index < -0.39 is 0 Å². The summed E-state index contributed by atoms with van der Waals surface area (Å²) < 4.78 is 5.05. The van der Waals surface area contributed by atoms with Crippen molar-refractivity contribution in [2.75, 3.05) is 25.5 Å². The van der Waals surface area contributed by atoms with Gasteiger partial charge in [-0.05, 0) is 37.9 Å². The molecule has 0 saturated carbocycles. The number of carbonyl (C=O) groups excluding carboxylic acids is 1. The van der Waals surface area contributed by atoms with Crippen LogP contribution in [0.3, 0.4) is 0 Å². The van der Waals surface area contributed by atoms with Crippen LogP contribution in [0.5, 0.6) is 11.5 Å². The van der Waals surface area contributed by atoms with Crippen molar-refractivity contribution in [3.63, 3.8) is 0 Å². The fourth-order valence-corrected chi connectivity index (χ4v) is 2.97. The van der Waals surface area contributed by atoms with Crippen molar-refractivity contribution in [1.82, 2.24) is 5.32 Å². The van der Waals surface area contributed by atoms with E-state index in [1.807, 2.05) is 0 Å². The van der Waals surface area contributed by atoms with E-state index in [4.69, 9.17) is 4.74 Å². The van der Waals surface area contributed by atoms with Crippen LogP contribution in [0.25, 0.3) is 0 Å².